The predicted octanol–water partition coefficient (Wildman–Crippen LogP) is 3.70. The van der Waals surface area contributed by atoms with Crippen molar-refractivity contribution in [2.75, 3.05) is 14.2 Å². The van der Waals surface area contributed by atoms with E-state index in [9.17, 15) is 18.0 Å². The summed E-state index contributed by atoms with van der Waals surface area (Å²) in [5.41, 5.74) is 0.247. The van der Waals surface area contributed by atoms with Crippen LogP contribution in [0.15, 0.2) is 47.0 Å². The molecule has 0 radical (unpaired) electrons. The molecule has 1 N–H and O–H groups in total. The Morgan fingerprint density at radius 3 is 2.38 bits per heavy atom. The molecule has 0 unspecified atom stereocenters. The summed E-state index contributed by atoms with van der Waals surface area (Å²) >= 11 is 0. The first-order valence-corrected chi connectivity index (χ1v) is 8.32. The maximum absolute atomic E-state index is 12.6. The molecule has 0 saturated carbocycles. The van der Waals surface area contributed by atoms with Crippen LogP contribution in [0.3, 0.4) is 0 Å². The maximum atomic E-state index is 12.6. The largest absolute Gasteiger partial charge is 0.493 e. The van der Waals surface area contributed by atoms with Crippen molar-refractivity contribution < 1.29 is 32.0 Å². The molecular formula is C19H16F3N3O4. The number of ether oxygens (including phenoxy) is 2. The fourth-order valence-electron chi connectivity index (χ4n) is 2.49. The average molecular weight is 407 g/mol. The minimum absolute atomic E-state index is 0.00925. The van der Waals surface area contributed by atoms with E-state index >= 15 is 0 Å². The van der Waals surface area contributed by atoms with Gasteiger partial charge < -0.3 is 19.3 Å². The second-order valence-electron chi connectivity index (χ2n) is 5.87. The number of hydrogen-bond acceptors (Lipinski definition) is 6. The summed E-state index contributed by atoms with van der Waals surface area (Å²) in [4.78, 5) is 16.1. The normalized spacial score (nSPS) is 11.2. The van der Waals surface area contributed by atoms with Crippen molar-refractivity contribution in [2.24, 2.45) is 0 Å². The highest BCUT2D eigenvalue weighted by molar-refractivity contribution is 5.89. The van der Waals surface area contributed by atoms with Crippen molar-refractivity contribution in [1.29, 1.82) is 0 Å². The first-order chi connectivity index (χ1) is 13.8. The predicted molar refractivity (Wildman–Crippen MR) is 95.5 cm³/mol. The number of aromatic nitrogens is 2. The van der Waals surface area contributed by atoms with Crippen molar-refractivity contribution in [1.82, 2.24) is 15.5 Å². The van der Waals surface area contributed by atoms with Gasteiger partial charge in [-0.15, -0.1) is 0 Å². The molecule has 152 valence electrons. The van der Waals surface area contributed by atoms with Crippen molar-refractivity contribution in [3.63, 3.8) is 0 Å². The molecule has 1 amide bonds. The molecule has 1 heterocycles. The third-order valence-corrected chi connectivity index (χ3v) is 3.99. The van der Waals surface area contributed by atoms with Gasteiger partial charge >= 0.3 is 18.0 Å². The van der Waals surface area contributed by atoms with Crippen LogP contribution in [0.2, 0.25) is 0 Å². The van der Waals surface area contributed by atoms with Crippen LogP contribution in [-0.4, -0.2) is 30.3 Å². The number of halogens is 3. The molecule has 29 heavy (non-hydrogen) atoms. The zero-order valence-electron chi connectivity index (χ0n) is 15.4. The quantitative estimate of drug-likeness (QED) is 0.671. The molecule has 2 aromatic carbocycles. The van der Waals surface area contributed by atoms with Gasteiger partial charge in [-0.3, -0.25) is 4.79 Å². The highest BCUT2D eigenvalue weighted by atomic mass is 19.4. The smallest absolute Gasteiger partial charge is 0.416 e. The molecule has 10 heteroatoms. The average Bonchev–Trinajstić information content (AvgIpc) is 3.21. The Balaban J connectivity index is 1.66. The van der Waals surface area contributed by atoms with E-state index in [-0.39, 0.29) is 18.3 Å². The monoisotopic (exact) mass is 407 g/mol. The van der Waals surface area contributed by atoms with Gasteiger partial charge in [-0.05, 0) is 29.8 Å². The van der Waals surface area contributed by atoms with Crippen LogP contribution < -0.4 is 14.8 Å². The molecule has 0 fully saturated rings. The number of alkyl halides is 3. The Morgan fingerprint density at radius 1 is 1.07 bits per heavy atom. The van der Waals surface area contributed by atoms with E-state index in [2.05, 4.69) is 15.5 Å². The number of benzene rings is 2. The number of carbonyl (C=O) groups excluding carboxylic acids is 1. The van der Waals surface area contributed by atoms with Crippen LogP contribution in [0.5, 0.6) is 11.5 Å². The van der Waals surface area contributed by atoms with E-state index in [1.54, 1.807) is 18.2 Å². The summed E-state index contributed by atoms with van der Waals surface area (Å²) in [7, 11) is 3.02. The van der Waals surface area contributed by atoms with Crippen LogP contribution in [0.25, 0.3) is 11.4 Å². The fourth-order valence-corrected chi connectivity index (χ4v) is 2.49. The molecule has 3 aromatic rings. The van der Waals surface area contributed by atoms with Gasteiger partial charge in [0, 0.05) is 12.1 Å². The standard InChI is InChI=1S/C19H16F3N3O4/c1-27-14-8-3-11(9-15(14)28-2)10-23-17(26)18-24-16(25-29-18)12-4-6-13(7-5-12)19(20,21)22/h3-9H,10H2,1-2H3,(H,23,26). The van der Waals surface area contributed by atoms with Crippen LogP contribution in [0, 0.1) is 0 Å². The van der Waals surface area contributed by atoms with E-state index < -0.39 is 17.6 Å². The summed E-state index contributed by atoms with van der Waals surface area (Å²) in [5, 5.41) is 6.26. The molecule has 0 bridgehead atoms. The Morgan fingerprint density at radius 2 is 1.76 bits per heavy atom. The number of nitrogens with zero attached hydrogens (tertiary/aromatic N) is 2. The molecule has 0 spiro atoms. The third-order valence-electron chi connectivity index (χ3n) is 3.99. The van der Waals surface area contributed by atoms with Gasteiger partial charge in [0.2, 0.25) is 5.82 Å². The number of amides is 1. The number of nitrogens with one attached hydrogen (secondary N) is 1. The van der Waals surface area contributed by atoms with Gasteiger partial charge in [0.25, 0.3) is 0 Å². The number of carbonyl (C=O) groups is 1. The van der Waals surface area contributed by atoms with Crippen molar-refractivity contribution in [3.05, 3.63) is 59.5 Å². The second-order valence-corrected chi connectivity index (χ2v) is 5.87. The summed E-state index contributed by atoms with van der Waals surface area (Å²) in [5.74, 6) is 0.156. The van der Waals surface area contributed by atoms with Gasteiger partial charge in [-0.1, -0.05) is 23.4 Å². The molecule has 7 nitrogen and oxygen atoms in total. The summed E-state index contributed by atoms with van der Waals surface area (Å²) in [6, 6.07) is 9.39. The molecule has 0 aliphatic heterocycles. The summed E-state index contributed by atoms with van der Waals surface area (Å²) < 4.78 is 53.1. The van der Waals surface area contributed by atoms with E-state index in [1.807, 2.05) is 0 Å². The van der Waals surface area contributed by atoms with Gasteiger partial charge in [0.1, 0.15) is 0 Å². The third kappa shape index (κ3) is 4.65. The van der Waals surface area contributed by atoms with Crippen molar-refractivity contribution >= 4 is 5.91 Å². The highest BCUT2D eigenvalue weighted by Crippen LogP contribution is 2.30. The molecule has 3 rings (SSSR count). The van der Waals surface area contributed by atoms with Gasteiger partial charge in [-0.2, -0.15) is 18.2 Å². The van der Waals surface area contributed by atoms with Crippen LogP contribution in [0.1, 0.15) is 21.8 Å². The zero-order valence-corrected chi connectivity index (χ0v) is 15.4. The Labute approximate surface area is 163 Å². The summed E-state index contributed by atoms with van der Waals surface area (Å²) in [6.07, 6.45) is -4.44. The number of hydrogen-bond donors (Lipinski definition) is 1. The SMILES string of the molecule is COc1ccc(CNC(=O)c2nc(-c3ccc(C(F)(F)F)cc3)no2)cc1OC. The molecule has 0 aliphatic carbocycles. The zero-order chi connectivity index (χ0) is 21.0. The fraction of sp³-hybridized carbons (Fsp3) is 0.211. The van der Waals surface area contributed by atoms with Crippen LogP contribution in [-0.2, 0) is 12.7 Å². The second kappa shape index (κ2) is 8.21. The lowest BCUT2D eigenvalue weighted by atomic mass is 10.1. The first-order valence-electron chi connectivity index (χ1n) is 8.32. The molecule has 1 aromatic heterocycles. The topological polar surface area (TPSA) is 86.5 Å². The number of rotatable bonds is 6. The van der Waals surface area contributed by atoms with Gasteiger partial charge in [0.15, 0.2) is 11.5 Å². The van der Waals surface area contributed by atoms with E-state index in [0.29, 0.717) is 17.1 Å². The highest BCUT2D eigenvalue weighted by Gasteiger charge is 2.30. The lowest BCUT2D eigenvalue weighted by Crippen LogP contribution is -2.23. The lowest BCUT2D eigenvalue weighted by Gasteiger charge is -2.09. The Kier molecular flexibility index (Phi) is 5.71. The number of methoxy groups -OCH3 is 2. The maximum Gasteiger partial charge on any atom is 0.416 e. The van der Waals surface area contributed by atoms with Crippen LogP contribution >= 0.6 is 0 Å². The van der Waals surface area contributed by atoms with Crippen molar-refractivity contribution in [3.8, 4) is 22.9 Å². The lowest BCUT2D eigenvalue weighted by molar-refractivity contribution is -0.137. The van der Waals surface area contributed by atoms with Crippen molar-refractivity contribution in [2.45, 2.75) is 12.7 Å². The minimum atomic E-state index is -4.44. The minimum Gasteiger partial charge on any atom is -0.493 e. The Hall–Kier alpha value is -3.56. The van der Waals surface area contributed by atoms with Crippen LogP contribution in [0.4, 0.5) is 13.2 Å². The van der Waals surface area contributed by atoms with Gasteiger partial charge in [0.05, 0.1) is 19.8 Å². The summed E-state index contributed by atoms with van der Waals surface area (Å²) in [6.45, 7) is 0.164. The van der Waals surface area contributed by atoms with E-state index in [4.69, 9.17) is 14.0 Å². The molecule has 0 atom stereocenters. The van der Waals surface area contributed by atoms with Gasteiger partial charge in [-0.25, -0.2) is 0 Å². The van der Waals surface area contributed by atoms with E-state index in [0.717, 1.165) is 17.7 Å². The Bertz CT molecular complexity index is 1000. The van der Waals surface area contributed by atoms with E-state index in [1.165, 1.54) is 26.4 Å². The first kappa shape index (κ1) is 20.2. The molecule has 0 aliphatic rings. The molecular weight excluding hydrogens is 391 g/mol. The molecule has 0 saturated heterocycles.